The molecule has 6 nitrogen and oxygen atoms in total. The molecule has 0 saturated heterocycles. The van der Waals surface area contributed by atoms with Crippen molar-refractivity contribution in [3.63, 3.8) is 0 Å². The number of benzene rings is 2. The van der Waals surface area contributed by atoms with E-state index in [0.29, 0.717) is 17.5 Å². The van der Waals surface area contributed by atoms with Gasteiger partial charge in [0.05, 0.1) is 5.92 Å². The molecule has 1 aliphatic heterocycles. The molecule has 0 amide bonds. The summed E-state index contributed by atoms with van der Waals surface area (Å²) >= 11 is 0. The third kappa shape index (κ3) is 5.02. The zero-order valence-electron chi connectivity index (χ0n) is 18.0. The molecule has 6 heteroatoms. The van der Waals surface area contributed by atoms with Gasteiger partial charge in [-0.25, -0.2) is 0 Å². The molecule has 1 aliphatic rings. The van der Waals surface area contributed by atoms with E-state index >= 15 is 0 Å². The van der Waals surface area contributed by atoms with Gasteiger partial charge in [0.15, 0.2) is 17.3 Å². The van der Waals surface area contributed by atoms with Crippen molar-refractivity contribution in [1.29, 1.82) is 0 Å². The highest BCUT2D eigenvalue weighted by molar-refractivity contribution is 6.06. The number of carbonyl (C=O) groups excluding carboxylic acids is 1. The predicted octanol–water partition coefficient (Wildman–Crippen LogP) is 5.10. The van der Waals surface area contributed by atoms with Gasteiger partial charge in [-0.3, -0.25) is 4.79 Å². The molecule has 1 atom stereocenters. The molecule has 1 unspecified atom stereocenters. The first kappa shape index (κ1) is 22.3. The summed E-state index contributed by atoms with van der Waals surface area (Å²) in [6.07, 6.45) is 6.41. The molecule has 1 heterocycles. The molecule has 0 saturated carbocycles. The summed E-state index contributed by atoms with van der Waals surface area (Å²) in [5.74, 6) is -2.08. The summed E-state index contributed by atoms with van der Waals surface area (Å²) < 4.78 is 5.59. The van der Waals surface area contributed by atoms with Crippen LogP contribution in [0.2, 0.25) is 0 Å². The van der Waals surface area contributed by atoms with Crippen molar-refractivity contribution in [2.75, 3.05) is 6.61 Å². The van der Waals surface area contributed by atoms with Crippen molar-refractivity contribution >= 4 is 5.78 Å². The average molecular weight is 424 g/mol. The van der Waals surface area contributed by atoms with Crippen LogP contribution in [0.25, 0.3) is 0 Å². The van der Waals surface area contributed by atoms with Crippen molar-refractivity contribution in [2.24, 2.45) is 0 Å². The van der Waals surface area contributed by atoms with Crippen LogP contribution >= 0.6 is 0 Å². The van der Waals surface area contributed by atoms with Crippen LogP contribution in [-0.2, 0) is 6.42 Å². The van der Waals surface area contributed by atoms with E-state index in [-0.39, 0.29) is 46.7 Å². The summed E-state index contributed by atoms with van der Waals surface area (Å²) in [7, 11) is 0. The van der Waals surface area contributed by atoms with Gasteiger partial charge in [0.2, 0.25) is 0 Å². The smallest absolute Gasteiger partial charge is 0.181 e. The van der Waals surface area contributed by atoms with E-state index in [1.54, 1.807) is 6.07 Å². The molecular formula is C25H28O6. The minimum Gasteiger partial charge on any atom is -0.508 e. The number of Topliss-reactive ketones (excluding diaryl/α,β-unsaturated/α-hetero) is 1. The second-order valence-electron chi connectivity index (χ2n) is 8.19. The Labute approximate surface area is 181 Å². The van der Waals surface area contributed by atoms with E-state index in [2.05, 4.69) is 19.9 Å². The van der Waals surface area contributed by atoms with E-state index in [1.165, 1.54) is 17.7 Å². The zero-order chi connectivity index (χ0) is 22.7. The number of carbonyl (C=O) groups is 1. The first-order valence-electron chi connectivity index (χ1n) is 10.2. The molecule has 164 valence electrons. The summed E-state index contributed by atoms with van der Waals surface area (Å²) in [4.78, 5) is 13.0. The van der Waals surface area contributed by atoms with Gasteiger partial charge in [-0.15, -0.1) is 0 Å². The molecule has 2 aromatic carbocycles. The zero-order valence-corrected chi connectivity index (χ0v) is 18.0. The van der Waals surface area contributed by atoms with Crippen molar-refractivity contribution < 1.29 is 30.0 Å². The molecular weight excluding hydrogens is 396 g/mol. The van der Waals surface area contributed by atoms with Gasteiger partial charge in [-0.2, -0.15) is 0 Å². The molecule has 0 aromatic heterocycles. The largest absolute Gasteiger partial charge is 0.508 e. The van der Waals surface area contributed by atoms with E-state index in [9.17, 15) is 25.2 Å². The highest BCUT2D eigenvalue weighted by Gasteiger charge is 2.34. The molecule has 3 rings (SSSR count). The van der Waals surface area contributed by atoms with Crippen LogP contribution in [0.5, 0.6) is 28.7 Å². The Hall–Kier alpha value is -3.41. The van der Waals surface area contributed by atoms with Crippen LogP contribution in [0.4, 0.5) is 0 Å². The van der Waals surface area contributed by atoms with Gasteiger partial charge in [0, 0.05) is 17.7 Å². The van der Waals surface area contributed by atoms with Gasteiger partial charge < -0.3 is 25.2 Å². The fourth-order valence-electron chi connectivity index (χ4n) is 3.65. The van der Waals surface area contributed by atoms with Gasteiger partial charge in [-0.05, 0) is 51.7 Å². The summed E-state index contributed by atoms with van der Waals surface area (Å²) in [5.41, 5.74) is 3.43. The lowest BCUT2D eigenvalue weighted by atomic mass is 9.87. The van der Waals surface area contributed by atoms with Gasteiger partial charge in [-0.1, -0.05) is 29.4 Å². The molecule has 2 aromatic rings. The second kappa shape index (κ2) is 9.16. The monoisotopic (exact) mass is 424 g/mol. The van der Waals surface area contributed by atoms with Crippen molar-refractivity contribution in [3.05, 3.63) is 64.3 Å². The Kier molecular flexibility index (Phi) is 6.59. The fraction of sp³-hybridized carbons (Fsp3) is 0.320. The summed E-state index contributed by atoms with van der Waals surface area (Å²) in [6.45, 7) is 6.13. The molecule has 31 heavy (non-hydrogen) atoms. The quantitative estimate of drug-likeness (QED) is 0.379. The number of phenols is 4. The number of hydrogen-bond acceptors (Lipinski definition) is 6. The molecule has 0 fully saturated rings. The minimum absolute atomic E-state index is 0.00169. The lowest BCUT2D eigenvalue weighted by molar-refractivity contribution is 0.0892. The number of allylic oxidation sites excluding steroid dienone is 4. The number of phenolic OH excluding ortho intramolecular Hbond substituents is 4. The van der Waals surface area contributed by atoms with Crippen molar-refractivity contribution in [3.8, 4) is 28.7 Å². The number of ketones is 1. The van der Waals surface area contributed by atoms with Crippen LogP contribution in [0.3, 0.4) is 0 Å². The summed E-state index contributed by atoms with van der Waals surface area (Å²) in [5, 5.41) is 40.3. The SMILES string of the molecule is CC(C)=CCC/C(C)=C/Cc1cc(C2COc3cc(O)cc(O)c3C2=O)cc(O)c1O. The Balaban J connectivity index is 1.86. The van der Waals surface area contributed by atoms with Crippen LogP contribution in [-0.4, -0.2) is 32.8 Å². The lowest BCUT2D eigenvalue weighted by Crippen LogP contribution is -2.26. The molecule has 0 aliphatic carbocycles. The Bertz CT molecular complexity index is 1060. The van der Waals surface area contributed by atoms with Crippen LogP contribution in [0.1, 0.15) is 61.0 Å². The first-order valence-corrected chi connectivity index (χ1v) is 10.2. The van der Waals surface area contributed by atoms with E-state index in [0.717, 1.165) is 24.5 Å². The van der Waals surface area contributed by atoms with E-state index in [4.69, 9.17) is 4.74 Å². The summed E-state index contributed by atoms with van der Waals surface area (Å²) in [6, 6.07) is 5.40. The standard InChI is InChI=1S/C25H28O6/c1-14(2)5-4-6-15(3)7-8-16-9-17(10-21(28)24(16)29)19-13-31-22-12-18(26)11-20(27)23(22)25(19)30/h5,7,9-12,19,26-29H,4,6,8,13H2,1-3H3/b15-7+. The Morgan fingerprint density at radius 3 is 2.48 bits per heavy atom. The number of hydrogen-bond donors (Lipinski definition) is 4. The normalized spacial score (nSPS) is 15.9. The Morgan fingerprint density at radius 1 is 1.03 bits per heavy atom. The van der Waals surface area contributed by atoms with Crippen molar-refractivity contribution in [2.45, 2.75) is 46.0 Å². The minimum atomic E-state index is -0.754. The van der Waals surface area contributed by atoms with Gasteiger partial charge >= 0.3 is 0 Å². The molecule has 0 radical (unpaired) electrons. The maximum absolute atomic E-state index is 13.0. The topological polar surface area (TPSA) is 107 Å². The third-order valence-electron chi connectivity index (χ3n) is 5.39. The van der Waals surface area contributed by atoms with Crippen molar-refractivity contribution in [1.82, 2.24) is 0 Å². The molecule has 0 bridgehead atoms. The first-order chi connectivity index (χ1) is 14.7. The lowest BCUT2D eigenvalue weighted by Gasteiger charge is -2.25. The highest BCUT2D eigenvalue weighted by atomic mass is 16.5. The molecule has 4 N–H and O–H groups in total. The molecule has 0 spiro atoms. The maximum atomic E-state index is 13.0. The van der Waals surface area contributed by atoms with E-state index in [1.807, 2.05) is 13.0 Å². The van der Waals surface area contributed by atoms with Crippen LogP contribution < -0.4 is 4.74 Å². The van der Waals surface area contributed by atoms with Gasteiger partial charge in [0.1, 0.15) is 29.4 Å². The highest BCUT2D eigenvalue weighted by Crippen LogP contribution is 2.42. The number of aromatic hydroxyl groups is 4. The van der Waals surface area contributed by atoms with Crippen LogP contribution in [0, 0.1) is 0 Å². The van der Waals surface area contributed by atoms with E-state index < -0.39 is 5.92 Å². The second-order valence-corrected chi connectivity index (χ2v) is 8.19. The van der Waals surface area contributed by atoms with Crippen LogP contribution in [0.15, 0.2) is 47.6 Å². The number of ether oxygens (including phenoxy) is 1. The predicted molar refractivity (Wildman–Crippen MR) is 118 cm³/mol. The average Bonchev–Trinajstić information content (AvgIpc) is 2.68. The third-order valence-corrected chi connectivity index (χ3v) is 5.39. The maximum Gasteiger partial charge on any atom is 0.181 e. The number of rotatable bonds is 6. The fourth-order valence-corrected chi connectivity index (χ4v) is 3.65. The Morgan fingerprint density at radius 2 is 1.77 bits per heavy atom. The number of fused-ring (bicyclic) bond motifs is 1. The van der Waals surface area contributed by atoms with Gasteiger partial charge in [0.25, 0.3) is 0 Å².